The first-order valence-corrected chi connectivity index (χ1v) is 16.0. The highest BCUT2D eigenvalue weighted by molar-refractivity contribution is 8.00. The highest BCUT2D eigenvalue weighted by Crippen LogP contribution is 2.57. The average Bonchev–Trinajstić information content (AvgIpc) is 3.64. The Kier molecular flexibility index (Phi) is 5.98. The van der Waals surface area contributed by atoms with E-state index in [0.717, 1.165) is 17.5 Å². The molecule has 2 aliphatic heterocycles. The van der Waals surface area contributed by atoms with Gasteiger partial charge in [0.25, 0.3) is 0 Å². The van der Waals surface area contributed by atoms with Crippen molar-refractivity contribution in [1.29, 1.82) is 0 Å². The molecule has 3 unspecified atom stereocenters. The van der Waals surface area contributed by atoms with Crippen LogP contribution in [0.3, 0.4) is 0 Å². The molecule has 4 aliphatic rings. The number of fused-ring (bicyclic) bond motifs is 6. The van der Waals surface area contributed by atoms with Crippen molar-refractivity contribution < 1.29 is 0 Å². The number of anilines is 1. The smallest absolute Gasteiger partial charge is 0.234 e. The summed E-state index contributed by atoms with van der Waals surface area (Å²) in [5.41, 5.74) is 9.74. The fourth-order valence-electron chi connectivity index (χ4n) is 6.99. The van der Waals surface area contributed by atoms with Crippen LogP contribution < -0.4 is 4.90 Å². The number of hydrogen-bond acceptors (Lipinski definition) is 5. The van der Waals surface area contributed by atoms with Gasteiger partial charge in [-0.2, -0.15) is 9.97 Å². The Labute approximate surface area is 261 Å². The van der Waals surface area contributed by atoms with Gasteiger partial charge in [0.2, 0.25) is 5.95 Å². The summed E-state index contributed by atoms with van der Waals surface area (Å²) in [7, 11) is 0. The summed E-state index contributed by atoms with van der Waals surface area (Å²) in [5, 5.41) is 0.399. The van der Waals surface area contributed by atoms with Crippen molar-refractivity contribution >= 4 is 17.7 Å². The third-order valence-electron chi connectivity index (χ3n) is 9.01. The average molecular weight is 585 g/mol. The molecule has 9 rings (SSSR count). The van der Waals surface area contributed by atoms with Crippen LogP contribution in [-0.2, 0) is 0 Å². The Morgan fingerprint density at radius 1 is 0.659 bits per heavy atom. The molecule has 44 heavy (non-hydrogen) atoms. The number of thioether (sulfide) groups is 1. The maximum atomic E-state index is 5.20. The summed E-state index contributed by atoms with van der Waals surface area (Å²) in [6, 6.07) is 38.3. The van der Waals surface area contributed by atoms with Crippen LogP contribution in [0.4, 0.5) is 5.95 Å². The first-order chi connectivity index (χ1) is 21.8. The molecule has 0 N–H and O–H groups in total. The summed E-state index contributed by atoms with van der Waals surface area (Å²) in [4.78, 5) is 19.2. The number of hydrogen-bond donors (Lipinski definition) is 0. The van der Waals surface area contributed by atoms with E-state index in [1.165, 1.54) is 38.4 Å². The molecule has 1 aromatic heterocycles. The van der Waals surface area contributed by atoms with Gasteiger partial charge in [-0.1, -0.05) is 127 Å². The topological polar surface area (TPSA) is 41.9 Å². The van der Waals surface area contributed by atoms with Gasteiger partial charge >= 0.3 is 0 Å². The largest absolute Gasteiger partial charge is 0.302 e. The summed E-state index contributed by atoms with van der Waals surface area (Å²) >= 11 is 1.98. The lowest BCUT2D eigenvalue weighted by molar-refractivity contribution is 0.738. The van der Waals surface area contributed by atoms with Crippen LogP contribution in [0.2, 0.25) is 0 Å². The van der Waals surface area contributed by atoms with Crippen molar-refractivity contribution in [2.24, 2.45) is 0 Å². The molecule has 5 aromatic rings. The molecule has 0 saturated carbocycles. The minimum atomic E-state index is 0.144. The lowest BCUT2D eigenvalue weighted by atomic mass is 9.79. The Morgan fingerprint density at radius 2 is 1.30 bits per heavy atom. The van der Waals surface area contributed by atoms with Gasteiger partial charge in [-0.25, -0.2) is 4.98 Å². The van der Waals surface area contributed by atoms with Crippen LogP contribution >= 0.6 is 11.8 Å². The molecule has 5 heteroatoms. The van der Waals surface area contributed by atoms with Gasteiger partial charge in [-0.05, 0) is 46.4 Å². The zero-order valence-electron chi connectivity index (χ0n) is 23.9. The summed E-state index contributed by atoms with van der Waals surface area (Å²) in [5.74, 6) is 2.38. The maximum Gasteiger partial charge on any atom is 0.234 e. The summed E-state index contributed by atoms with van der Waals surface area (Å²) < 4.78 is 0. The van der Waals surface area contributed by atoms with Gasteiger partial charge in [0, 0.05) is 32.9 Å². The first kappa shape index (κ1) is 25.5. The minimum absolute atomic E-state index is 0.144. The van der Waals surface area contributed by atoms with Crippen molar-refractivity contribution in [2.75, 3.05) is 4.90 Å². The van der Waals surface area contributed by atoms with Crippen LogP contribution in [0, 0.1) is 0 Å². The zero-order valence-corrected chi connectivity index (χ0v) is 24.7. The van der Waals surface area contributed by atoms with Crippen LogP contribution in [-0.4, -0.2) is 26.2 Å². The van der Waals surface area contributed by atoms with Crippen molar-refractivity contribution in [3.8, 4) is 33.9 Å². The van der Waals surface area contributed by atoms with E-state index in [0.29, 0.717) is 28.8 Å². The number of rotatable bonds is 4. The maximum absolute atomic E-state index is 5.20. The molecule has 3 heterocycles. The molecule has 0 amide bonds. The molecule has 4 aromatic carbocycles. The van der Waals surface area contributed by atoms with Crippen LogP contribution in [0.15, 0.2) is 161 Å². The van der Waals surface area contributed by atoms with E-state index >= 15 is 0 Å². The number of benzene rings is 4. The Morgan fingerprint density at radius 3 is 2.07 bits per heavy atom. The van der Waals surface area contributed by atoms with Gasteiger partial charge in [-0.3, -0.25) is 0 Å². The second kappa shape index (κ2) is 10.3. The number of aromatic nitrogens is 3. The SMILES string of the molecule is C1=CCC2C(=C1)C1=C(C=CC3Sc4ccccc4C13)N2c1nc(-c2ccccc2)nc(-c2ccc(-c3ccccc3)cc2)n1. The normalized spacial score (nSPS) is 21.0. The third-order valence-corrected chi connectivity index (χ3v) is 10.3. The van der Waals surface area contributed by atoms with E-state index in [1.54, 1.807) is 0 Å². The minimum Gasteiger partial charge on any atom is -0.302 e. The fraction of sp³-hybridized carbons (Fsp3) is 0.103. The predicted molar refractivity (Wildman–Crippen MR) is 179 cm³/mol. The summed E-state index contributed by atoms with van der Waals surface area (Å²) in [6.45, 7) is 0. The van der Waals surface area contributed by atoms with Gasteiger partial charge in [0.1, 0.15) is 0 Å². The predicted octanol–water partition coefficient (Wildman–Crippen LogP) is 9.03. The van der Waals surface area contributed by atoms with Crippen LogP contribution in [0.1, 0.15) is 17.9 Å². The Hall–Kier alpha value is -5.00. The fourth-order valence-corrected chi connectivity index (χ4v) is 8.34. The van der Waals surface area contributed by atoms with Crippen molar-refractivity contribution in [1.82, 2.24) is 15.0 Å². The molecular weight excluding hydrogens is 557 g/mol. The first-order valence-electron chi connectivity index (χ1n) is 15.1. The van der Waals surface area contributed by atoms with E-state index in [2.05, 4.69) is 120 Å². The van der Waals surface area contributed by atoms with E-state index in [9.17, 15) is 0 Å². The third kappa shape index (κ3) is 4.11. The monoisotopic (exact) mass is 584 g/mol. The second-order valence-corrected chi connectivity index (χ2v) is 12.7. The Balaban J connectivity index is 1.20. The molecule has 210 valence electrons. The van der Waals surface area contributed by atoms with Gasteiger partial charge in [0.15, 0.2) is 11.6 Å². The van der Waals surface area contributed by atoms with Crippen LogP contribution in [0.5, 0.6) is 0 Å². The molecule has 0 radical (unpaired) electrons. The van der Waals surface area contributed by atoms with Crippen molar-refractivity contribution in [3.63, 3.8) is 0 Å². The lowest BCUT2D eigenvalue weighted by Gasteiger charge is -2.28. The lowest BCUT2D eigenvalue weighted by Crippen LogP contribution is -2.32. The van der Waals surface area contributed by atoms with E-state index in [1.807, 2.05) is 36.0 Å². The van der Waals surface area contributed by atoms with Crippen molar-refractivity contribution in [2.45, 2.75) is 28.5 Å². The molecule has 0 bridgehead atoms. The van der Waals surface area contributed by atoms with Crippen molar-refractivity contribution in [3.05, 3.63) is 162 Å². The van der Waals surface area contributed by atoms with E-state index < -0.39 is 0 Å². The van der Waals surface area contributed by atoms with Gasteiger partial charge in [0.05, 0.1) is 6.04 Å². The molecule has 0 fully saturated rings. The standard InChI is InChI=1S/C39H28N4S/c1-3-11-25(12-4-1)26-19-21-28(22-20-26)38-40-37(27-13-5-2-6-14-27)41-39(42-38)43-31-17-9-7-15-29(31)35-32(43)23-24-34-36(35)30-16-8-10-18-33(30)44-34/h1-16,18-24,31,34,36H,17H2. The molecule has 0 saturated heterocycles. The molecular formula is C39H28N4S. The molecule has 4 nitrogen and oxygen atoms in total. The zero-order chi connectivity index (χ0) is 29.0. The number of allylic oxidation sites excluding steroid dienone is 3. The van der Waals surface area contributed by atoms with E-state index in [-0.39, 0.29) is 6.04 Å². The second-order valence-electron chi connectivity index (χ2n) is 11.5. The Bertz CT molecular complexity index is 2030. The van der Waals surface area contributed by atoms with E-state index in [4.69, 9.17) is 15.0 Å². The quantitative estimate of drug-likeness (QED) is 0.211. The molecule has 2 aliphatic carbocycles. The summed E-state index contributed by atoms with van der Waals surface area (Å²) in [6.07, 6.45) is 12.4. The number of nitrogens with zero attached hydrogens (tertiary/aromatic N) is 4. The highest BCUT2D eigenvalue weighted by Gasteiger charge is 2.47. The van der Waals surface area contributed by atoms with Gasteiger partial charge in [-0.15, -0.1) is 11.8 Å². The van der Waals surface area contributed by atoms with Crippen LogP contribution in [0.25, 0.3) is 33.9 Å². The molecule has 0 spiro atoms. The van der Waals surface area contributed by atoms with Gasteiger partial charge < -0.3 is 4.90 Å². The highest BCUT2D eigenvalue weighted by atomic mass is 32.2. The molecule has 3 atom stereocenters.